The van der Waals surface area contributed by atoms with Gasteiger partial charge in [0.05, 0.1) is 5.69 Å². The standard InChI is InChI=1S/C15H19BrFN3/c1-9(13-6-5-12(17)7-15(13)16)18-8-14-10(2)19-20(4)11(14)3/h5-7,9,18H,8H2,1-4H3. The van der Waals surface area contributed by atoms with Crippen LogP contribution < -0.4 is 5.32 Å². The smallest absolute Gasteiger partial charge is 0.124 e. The van der Waals surface area contributed by atoms with Gasteiger partial charge in [0.25, 0.3) is 0 Å². The molecule has 0 aliphatic rings. The molecule has 2 rings (SSSR count). The molecule has 0 bridgehead atoms. The fraction of sp³-hybridized carbons (Fsp3) is 0.400. The number of hydrogen-bond donors (Lipinski definition) is 1. The first-order valence-electron chi connectivity index (χ1n) is 6.57. The Bertz CT molecular complexity index is 622. The van der Waals surface area contributed by atoms with Crippen LogP contribution >= 0.6 is 15.9 Å². The first kappa shape index (κ1) is 15.2. The number of nitrogens with one attached hydrogen (secondary N) is 1. The molecule has 0 amide bonds. The summed E-state index contributed by atoms with van der Waals surface area (Å²) in [7, 11) is 1.95. The van der Waals surface area contributed by atoms with E-state index in [4.69, 9.17) is 0 Å². The Morgan fingerprint density at radius 2 is 2.10 bits per heavy atom. The van der Waals surface area contributed by atoms with Crippen LogP contribution in [0.5, 0.6) is 0 Å². The summed E-state index contributed by atoms with van der Waals surface area (Å²) in [6, 6.07) is 4.91. The molecule has 3 nitrogen and oxygen atoms in total. The Hall–Kier alpha value is -1.20. The molecule has 20 heavy (non-hydrogen) atoms. The molecule has 0 spiro atoms. The van der Waals surface area contributed by atoms with Crippen molar-refractivity contribution < 1.29 is 4.39 Å². The van der Waals surface area contributed by atoms with Gasteiger partial charge < -0.3 is 5.32 Å². The summed E-state index contributed by atoms with van der Waals surface area (Å²) in [6.07, 6.45) is 0. The Morgan fingerprint density at radius 3 is 2.65 bits per heavy atom. The summed E-state index contributed by atoms with van der Waals surface area (Å²) in [5, 5.41) is 7.87. The molecule has 0 aliphatic carbocycles. The molecule has 1 heterocycles. The number of aromatic nitrogens is 2. The van der Waals surface area contributed by atoms with Crippen molar-refractivity contribution in [2.45, 2.75) is 33.4 Å². The zero-order chi connectivity index (χ0) is 14.9. The lowest BCUT2D eigenvalue weighted by Crippen LogP contribution is -2.19. The lowest BCUT2D eigenvalue weighted by molar-refractivity contribution is 0.566. The third-order valence-electron chi connectivity index (χ3n) is 3.67. The van der Waals surface area contributed by atoms with Crippen molar-refractivity contribution in [1.29, 1.82) is 0 Å². The summed E-state index contributed by atoms with van der Waals surface area (Å²) < 4.78 is 15.8. The maximum Gasteiger partial charge on any atom is 0.124 e. The monoisotopic (exact) mass is 339 g/mol. The molecule has 0 fully saturated rings. The topological polar surface area (TPSA) is 29.9 Å². The van der Waals surface area contributed by atoms with Crippen LogP contribution in [-0.2, 0) is 13.6 Å². The second-order valence-electron chi connectivity index (χ2n) is 5.04. The van der Waals surface area contributed by atoms with E-state index in [2.05, 4.69) is 40.2 Å². The molecule has 0 aliphatic heterocycles. The second-order valence-corrected chi connectivity index (χ2v) is 5.90. The fourth-order valence-electron chi connectivity index (χ4n) is 2.29. The minimum absolute atomic E-state index is 0.129. The van der Waals surface area contributed by atoms with Gasteiger partial charge in [-0.2, -0.15) is 5.10 Å². The largest absolute Gasteiger partial charge is 0.306 e. The molecule has 2 aromatic rings. The van der Waals surface area contributed by atoms with Crippen LogP contribution in [0.15, 0.2) is 22.7 Å². The molecule has 1 atom stereocenters. The van der Waals surface area contributed by atoms with Gasteiger partial charge in [0.1, 0.15) is 5.82 Å². The van der Waals surface area contributed by atoms with Gasteiger partial charge >= 0.3 is 0 Å². The number of rotatable bonds is 4. The van der Waals surface area contributed by atoms with Crippen molar-refractivity contribution in [3.05, 3.63) is 51.0 Å². The highest BCUT2D eigenvalue weighted by atomic mass is 79.9. The quantitative estimate of drug-likeness (QED) is 0.918. The number of nitrogens with zero attached hydrogens (tertiary/aromatic N) is 2. The second kappa shape index (κ2) is 6.06. The van der Waals surface area contributed by atoms with Crippen molar-refractivity contribution in [1.82, 2.24) is 15.1 Å². The van der Waals surface area contributed by atoms with Crippen LogP contribution in [0, 0.1) is 19.7 Å². The van der Waals surface area contributed by atoms with E-state index in [0.29, 0.717) is 0 Å². The SMILES string of the molecule is Cc1nn(C)c(C)c1CNC(C)c1ccc(F)cc1Br. The molecule has 0 saturated heterocycles. The van der Waals surface area contributed by atoms with Crippen LogP contribution in [0.2, 0.25) is 0 Å². The van der Waals surface area contributed by atoms with Gasteiger partial charge in [-0.3, -0.25) is 4.68 Å². The summed E-state index contributed by atoms with van der Waals surface area (Å²) in [5.41, 5.74) is 4.48. The molecular weight excluding hydrogens is 321 g/mol. The minimum atomic E-state index is -0.230. The molecule has 1 N–H and O–H groups in total. The maximum absolute atomic E-state index is 13.1. The van der Waals surface area contributed by atoms with E-state index in [1.165, 1.54) is 23.4 Å². The van der Waals surface area contributed by atoms with Crippen LogP contribution in [0.25, 0.3) is 0 Å². The molecule has 1 aromatic carbocycles. The van der Waals surface area contributed by atoms with Gasteiger partial charge in [0.15, 0.2) is 0 Å². The number of aryl methyl sites for hydroxylation is 2. The van der Waals surface area contributed by atoms with Gasteiger partial charge in [0, 0.05) is 35.4 Å². The lowest BCUT2D eigenvalue weighted by atomic mass is 10.1. The van der Waals surface area contributed by atoms with Crippen molar-refractivity contribution in [2.24, 2.45) is 7.05 Å². The van der Waals surface area contributed by atoms with Crippen molar-refractivity contribution in [3.8, 4) is 0 Å². The normalized spacial score (nSPS) is 12.7. The van der Waals surface area contributed by atoms with Gasteiger partial charge in [-0.15, -0.1) is 0 Å². The zero-order valence-electron chi connectivity index (χ0n) is 12.2. The number of hydrogen-bond acceptors (Lipinski definition) is 2. The molecule has 5 heteroatoms. The van der Waals surface area contributed by atoms with Gasteiger partial charge in [-0.1, -0.05) is 22.0 Å². The maximum atomic E-state index is 13.1. The van der Waals surface area contributed by atoms with Crippen LogP contribution in [0.3, 0.4) is 0 Å². The van der Waals surface area contributed by atoms with E-state index in [1.807, 2.05) is 18.7 Å². The fourth-order valence-corrected chi connectivity index (χ4v) is 2.99. The molecule has 0 saturated carbocycles. The number of benzene rings is 1. The van der Waals surface area contributed by atoms with Crippen LogP contribution in [0.4, 0.5) is 4.39 Å². The number of halogens is 2. The zero-order valence-corrected chi connectivity index (χ0v) is 13.8. The summed E-state index contributed by atoms with van der Waals surface area (Å²) in [4.78, 5) is 0. The van der Waals surface area contributed by atoms with Crippen LogP contribution in [0.1, 0.15) is 35.5 Å². The predicted octanol–water partition coefficient (Wildman–Crippen LogP) is 3.79. The minimum Gasteiger partial charge on any atom is -0.306 e. The van der Waals surface area contributed by atoms with Gasteiger partial charge in [-0.05, 0) is 38.5 Å². The Morgan fingerprint density at radius 1 is 1.40 bits per heavy atom. The molecule has 0 radical (unpaired) electrons. The third kappa shape index (κ3) is 3.10. The van der Waals surface area contributed by atoms with E-state index in [9.17, 15) is 4.39 Å². The highest BCUT2D eigenvalue weighted by molar-refractivity contribution is 9.10. The Labute approximate surface area is 127 Å². The Balaban J connectivity index is 2.10. The van der Waals surface area contributed by atoms with E-state index >= 15 is 0 Å². The van der Waals surface area contributed by atoms with E-state index in [1.54, 1.807) is 6.07 Å². The summed E-state index contributed by atoms with van der Waals surface area (Å²) in [6.45, 7) is 6.90. The van der Waals surface area contributed by atoms with E-state index in [-0.39, 0.29) is 11.9 Å². The van der Waals surface area contributed by atoms with Crippen LogP contribution in [-0.4, -0.2) is 9.78 Å². The Kier molecular flexibility index (Phi) is 4.60. The molecule has 1 unspecified atom stereocenters. The lowest BCUT2D eigenvalue weighted by Gasteiger charge is -2.16. The van der Waals surface area contributed by atoms with Gasteiger partial charge in [-0.25, -0.2) is 4.39 Å². The van der Waals surface area contributed by atoms with Gasteiger partial charge in [0.2, 0.25) is 0 Å². The van der Waals surface area contributed by atoms with E-state index in [0.717, 1.165) is 22.3 Å². The molecule has 1 aromatic heterocycles. The third-order valence-corrected chi connectivity index (χ3v) is 4.36. The van der Waals surface area contributed by atoms with Crippen molar-refractivity contribution >= 4 is 15.9 Å². The highest BCUT2D eigenvalue weighted by Gasteiger charge is 2.13. The first-order valence-corrected chi connectivity index (χ1v) is 7.37. The average Bonchev–Trinajstić information content (AvgIpc) is 2.61. The molecule has 108 valence electrons. The van der Waals surface area contributed by atoms with Crippen molar-refractivity contribution in [3.63, 3.8) is 0 Å². The molecular formula is C15H19BrFN3. The van der Waals surface area contributed by atoms with Crippen molar-refractivity contribution in [2.75, 3.05) is 0 Å². The summed E-state index contributed by atoms with van der Waals surface area (Å²) in [5.74, 6) is -0.230. The average molecular weight is 340 g/mol. The first-order chi connectivity index (χ1) is 9.40. The predicted molar refractivity (Wildman–Crippen MR) is 82.0 cm³/mol. The highest BCUT2D eigenvalue weighted by Crippen LogP contribution is 2.24. The van der Waals surface area contributed by atoms with E-state index < -0.39 is 0 Å². The summed E-state index contributed by atoms with van der Waals surface area (Å²) >= 11 is 3.41.